The van der Waals surface area contributed by atoms with Gasteiger partial charge in [-0.25, -0.2) is 0 Å². The molecule has 3 unspecified atom stereocenters. The first-order valence-electron chi connectivity index (χ1n) is 7.15. The monoisotopic (exact) mass is 291 g/mol. The van der Waals surface area contributed by atoms with Gasteiger partial charge in [0.05, 0.1) is 11.0 Å². The molecule has 6 heteroatoms. The van der Waals surface area contributed by atoms with E-state index in [9.17, 15) is 14.9 Å². The molecule has 2 rings (SSSR count). The van der Waals surface area contributed by atoms with Gasteiger partial charge < -0.3 is 4.90 Å². The number of nitrogens with one attached hydrogen (secondary N) is 1. The minimum atomic E-state index is -0.422. The van der Waals surface area contributed by atoms with E-state index in [4.69, 9.17) is 0 Å². The first-order chi connectivity index (χ1) is 9.82. The summed E-state index contributed by atoms with van der Waals surface area (Å²) in [6.45, 7) is 8.02. The molecular weight excluding hydrogens is 270 g/mol. The Morgan fingerprint density at radius 3 is 2.29 bits per heavy atom. The number of rotatable bonds is 4. The highest BCUT2D eigenvalue weighted by Gasteiger charge is 2.40. The van der Waals surface area contributed by atoms with Crippen molar-refractivity contribution in [2.45, 2.75) is 45.9 Å². The molecule has 0 radical (unpaired) electrons. The van der Waals surface area contributed by atoms with E-state index in [1.54, 1.807) is 12.1 Å². The fourth-order valence-corrected chi connectivity index (χ4v) is 2.53. The van der Waals surface area contributed by atoms with E-state index in [2.05, 4.69) is 19.2 Å². The Labute approximate surface area is 124 Å². The van der Waals surface area contributed by atoms with Gasteiger partial charge in [-0.15, -0.1) is 0 Å². The van der Waals surface area contributed by atoms with Gasteiger partial charge in [0.15, 0.2) is 0 Å². The quantitative estimate of drug-likeness (QED) is 0.683. The maximum Gasteiger partial charge on any atom is 0.269 e. The van der Waals surface area contributed by atoms with Crippen molar-refractivity contribution in [2.24, 2.45) is 5.92 Å². The summed E-state index contributed by atoms with van der Waals surface area (Å²) in [5.41, 5.74) is 0.922. The number of nitro groups is 1. The molecule has 1 aliphatic rings. The van der Waals surface area contributed by atoms with Gasteiger partial charge in [0.25, 0.3) is 5.69 Å². The van der Waals surface area contributed by atoms with Crippen LogP contribution in [-0.4, -0.2) is 27.8 Å². The Morgan fingerprint density at radius 1 is 1.24 bits per heavy atom. The lowest BCUT2D eigenvalue weighted by atomic mass is 10.0. The SMILES string of the molecule is CC1NC(c2ccc([N+](=O)[O-])cc2)N(C(C)C(C)C)C1=O. The van der Waals surface area contributed by atoms with E-state index >= 15 is 0 Å². The second kappa shape index (κ2) is 5.81. The molecule has 1 amide bonds. The van der Waals surface area contributed by atoms with Crippen LogP contribution in [0.1, 0.15) is 39.4 Å². The first kappa shape index (κ1) is 15.4. The third kappa shape index (κ3) is 2.90. The molecule has 0 spiro atoms. The Kier molecular flexibility index (Phi) is 4.27. The minimum absolute atomic E-state index is 0.0552. The molecule has 3 atom stereocenters. The van der Waals surface area contributed by atoms with Crippen LogP contribution in [0.3, 0.4) is 0 Å². The number of benzene rings is 1. The number of amides is 1. The van der Waals surface area contributed by atoms with E-state index in [1.807, 2.05) is 18.7 Å². The Hall–Kier alpha value is -1.95. The van der Waals surface area contributed by atoms with E-state index in [0.29, 0.717) is 5.92 Å². The zero-order valence-corrected chi connectivity index (χ0v) is 12.7. The van der Waals surface area contributed by atoms with E-state index in [0.717, 1.165) is 5.56 Å². The van der Waals surface area contributed by atoms with E-state index in [-0.39, 0.29) is 29.8 Å². The number of carbonyl (C=O) groups is 1. The molecule has 1 fully saturated rings. The van der Waals surface area contributed by atoms with E-state index < -0.39 is 4.92 Å². The normalized spacial score (nSPS) is 23.7. The molecule has 1 heterocycles. The molecule has 1 aliphatic heterocycles. The fourth-order valence-electron chi connectivity index (χ4n) is 2.53. The number of carbonyl (C=O) groups excluding carboxylic acids is 1. The topological polar surface area (TPSA) is 75.5 Å². The second-order valence-corrected chi connectivity index (χ2v) is 5.87. The van der Waals surface area contributed by atoms with Gasteiger partial charge in [0.2, 0.25) is 5.91 Å². The van der Waals surface area contributed by atoms with Crippen molar-refractivity contribution in [3.8, 4) is 0 Å². The molecule has 114 valence electrons. The van der Waals surface area contributed by atoms with Crippen molar-refractivity contribution in [3.63, 3.8) is 0 Å². The summed E-state index contributed by atoms with van der Waals surface area (Å²) in [6.07, 6.45) is -0.231. The number of nitro benzene ring substituents is 1. The molecule has 1 aromatic rings. The highest BCUT2D eigenvalue weighted by molar-refractivity contribution is 5.84. The molecular formula is C15H21N3O3. The molecule has 21 heavy (non-hydrogen) atoms. The van der Waals surface area contributed by atoms with Gasteiger partial charge in [-0.2, -0.15) is 0 Å². The molecule has 6 nitrogen and oxygen atoms in total. The largest absolute Gasteiger partial charge is 0.319 e. The summed E-state index contributed by atoms with van der Waals surface area (Å²) in [5, 5.41) is 14.0. The van der Waals surface area contributed by atoms with E-state index in [1.165, 1.54) is 12.1 Å². The van der Waals surface area contributed by atoms with Crippen molar-refractivity contribution in [2.75, 3.05) is 0 Å². The summed E-state index contributed by atoms with van der Waals surface area (Å²) < 4.78 is 0. The number of hydrogen-bond acceptors (Lipinski definition) is 4. The van der Waals surface area contributed by atoms with Gasteiger partial charge in [-0.3, -0.25) is 20.2 Å². The predicted octanol–water partition coefficient (Wildman–Crippen LogP) is 2.46. The minimum Gasteiger partial charge on any atom is -0.319 e. The molecule has 0 aromatic heterocycles. The summed E-state index contributed by atoms with van der Waals surface area (Å²) in [5.74, 6) is 0.404. The summed E-state index contributed by atoms with van der Waals surface area (Å²) in [4.78, 5) is 24.5. The van der Waals surface area contributed by atoms with Crippen LogP contribution in [-0.2, 0) is 4.79 Å². The average molecular weight is 291 g/mol. The predicted molar refractivity (Wildman–Crippen MR) is 79.6 cm³/mol. The zero-order chi connectivity index (χ0) is 15.7. The molecule has 1 aromatic carbocycles. The summed E-state index contributed by atoms with van der Waals surface area (Å²) >= 11 is 0. The third-order valence-electron chi connectivity index (χ3n) is 4.13. The summed E-state index contributed by atoms with van der Waals surface area (Å²) in [7, 11) is 0. The lowest BCUT2D eigenvalue weighted by Gasteiger charge is -2.33. The molecule has 0 saturated carbocycles. The maximum absolute atomic E-state index is 12.4. The van der Waals surface area contributed by atoms with Gasteiger partial charge in [-0.05, 0) is 37.5 Å². The smallest absolute Gasteiger partial charge is 0.269 e. The molecule has 1 N–H and O–H groups in total. The van der Waals surface area contributed by atoms with Gasteiger partial charge in [0, 0.05) is 18.2 Å². The molecule has 0 aliphatic carbocycles. The lowest BCUT2D eigenvalue weighted by molar-refractivity contribution is -0.384. The van der Waals surface area contributed by atoms with Crippen molar-refractivity contribution in [1.82, 2.24) is 10.2 Å². The van der Waals surface area contributed by atoms with Crippen molar-refractivity contribution in [3.05, 3.63) is 39.9 Å². The number of nitrogens with zero attached hydrogens (tertiary/aromatic N) is 2. The fraction of sp³-hybridized carbons (Fsp3) is 0.533. The van der Waals surface area contributed by atoms with Crippen molar-refractivity contribution in [1.29, 1.82) is 0 Å². The van der Waals surface area contributed by atoms with Gasteiger partial charge in [-0.1, -0.05) is 13.8 Å². The number of non-ortho nitro benzene ring substituents is 1. The third-order valence-corrected chi connectivity index (χ3v) is 4.13. The van der Waals surface area contributed by atoms with Crippen LogP contribution < -0.4 is 5.32 Å². The van der Waals surface area contributed by atoms with Crippen molar-refractivity contribution < 1.29 is 9.72 Å². The molecule has 1 saturated heterocycles. The maximum atomic E-state index is 12.4. The highest BCUT2D eigenvalue weighted by atomic mass is 16.6. The van der Waals surface area contributed by atoms with Crippen LogP contribution in [0.4, 0.5) is 5.69 Å². The van der Waals surface area contributed by atoms with Crippen molar-refractivity contribution >= 4 is 11.6 Å². The average Bonchev–Trinajstić information content (AvgIpc) is 2.74. The van der Waals surface area contributed by atoms with Crippen LogP contribution in [0.5, 0.6) is 0 Å². The van der Waals surface area contributed by atoms with Gasteiger partial charge >= 0.3 is 0 Å². The van der Waals surface area contributed by atoms with Crippen LogP contribution in [0.2, 0.25) is 0 Å². The summed E-state index contributed by atoms with van der Waals surface area (Å²) in [6, 6.07) is 6.22. The molecule has 0 bridgehead atoms. The lowest BCUT2D eigenvalue weighted by Crippen LogP contribution is -2.41. The Balaban J connectivity index is 2.31. The van der Waals surface area contributed by atoms with Crippen LogP contribution in [0.15, 0.2) is 24.3 Å². The standard InChI is InChI=1S/C15H21N3O3/c1-9(2)11(4)17-14(16-10(3)15(17)19)12-5-7-13(8-6-12)18(20)21/h5-11,14,16H,1-4H3. The Morgan fingerprint density at radius 2 is 1.81 bits per heavy atom. The first-order valence-corrected chi connectivity index (χ1v) is 7.15. The zero-order valence-electron chi connectivity index (χ0n) is 12.7. The van der Waals surface area contributed by atoms with Crippen LogP contribution in [0.25, 0.3) is 0 Å². The second-order valence-electron chi connectivity index (χ2n) is 5.87. The number of hydrogen-bond donors (Lipinski definition) is 1. The van der Waals surface area contributed by atoms with Crippen LogP contribution in [0, 0.1) is 16.0 Å². The Bertz CT molecular complexity index is 542. The van der Waals surface area contributed by atoms with Gasteiger partial charge in [0.1, 0.15) is 6.17 Å². The van der Waals surface area contributed by atoms with Crippen LogP contribution >= 0.6 is 0 Å². The highest BCUT2D eigenvalue weighted by Crippen LogP contribution is 2.30.